The smallest absolute Gasteiger partial charge is 0.277 e. The van der Waals surface area contributed by atoms with E-state index in [2.05, 4.69) is 17.1 Å². The quantitative estimate of drug-likeness (QED) is 0.315. The van der Waals surface area contributed by atoms with Gasteiger partial charge >= 0.3 is 0 Å². The van der Waals surface area contributed by atoms with E-state index in [4.69, 9.17) is 0 Å². The number of thioether (sulfide) groups is 1. The van der Waals surface area contributed by atoms with Crippen molar-refractivity contribution < 1.29 is 9.85 Å². The molecule has 0 fully saturated rings. The zero-order valence-corrected chi connectivity index (χ0v) is 15.8. The highest BCUT2D eigenvalue weighted by Gasteiger charge is 2.22. The molecule has 2 aromatic carbocycles. The monoisotopic (exact) mass is 399 g/mol. The van der Waals surface area contributed by atoms with E-state index in [1.54, 1.807) is 0 Å². The fourth-order valence-corrected chi connectivity index (χ4v) is 3.44. The van der Waals surface area contributed by atoms with E-state index in [0.717, 1.165) is 23.8 Å². The SMILES string of the molecule is CCCSc1nnc(-c2cc([N+](=O)[O-])cc([N+](=O)[O-])c2)n1Cc1ccccc1. The van der Waals surface area contributed by atoms with Crippen LogP contribution >= 0.6 is 11.8 Å². The van der Waals surface area contributed by atoms with Gasteiger partial charge in [0, 0.05) is 23.4 Å². The van der Waals surface area contributed by atoms with Gasteiger partial charge in [-0.3, -0.25) is 24.8 Å². The van der Waals surface area contributed by atoms with Crippen LogP contribution in [0.15, 0.2) is 53.7 Å². The molecule has 0 saturated carbocycles. The molecular weight excluding hydrogens is 382 g/mol. The summed E-state index contributed by atoms with van der Waals surface area (Å²) >= 11 is 1.52. The van der Waals surface area contributed by atoms with Gasteiger partial charge in [0.1, 0.15) is 0 Å². The molecule has 1 aromatic heterocycles. The molecule has 0 saturated heterocycles. The molecule has 28 heavy (non-hydrogen) atoms. The maximum atomic E-state index is 11.2. The van der Waals surface area contributed by atoms with Gasteiger partial charge in [0.15, 0.2) is 11.0 Å². The van der Waals surface area contributed by atoms with Crippen LogP contribution in [0.5, 0.6) is 0 Å². The zero-order chi connectivity index (χ0) is 20.1. The minimum Gasteiger partial charge on any atom is -0.298 e. The van der Waals surface area contributed by atoms with Crippen LogP contribution in [0.25, 0.3) is 11.4 Å². The topological polar surface area (TPSA) is 117 Å². The van der Waals surface area contributed by atoms with Gasteiger partial charge in [-0.1, -0.05) is 49.0 Å². The molecule has 0 aliphatic rings. The molecule has 3 aromatic rings. The molecule has 0 unspecified atom stereocenters. The molecule has 0 N–H and O–H groups in total. The molecule has 9 nitrogen and oxygen atoms in total. The van der Waals surface area contributed by atoms with Crippen molar-refractivity contribution in [3.8, 4) is 11.4 Å². The van der Waals surface area contributed by atoms with E-state index in [-0.39, 0.29) is 16.9 Å². The first kappa shape index (κ1) is 19.5. The number of hydrogen-bond acceptors (Lipinski definition) is 7. The molecule has 144 valence electrons. The van der Waals surface area contributed by atoms with E-state index in [1.165, 1.54) is 23.9 Å². The first-order valence-electron chi connectivity index (χ1n) is 8.53. The van der Waals surface area contributed by atoms with Crippen LogP contribution in [-0.2, 0) is 6.54 Å². The van der Waals surface area contributed by atoms with E-state index in [1.807, 2.05) is 34.9 Å². The predicted molar refractivity (Wildman–Crippen MR) is 105 cm³/mol. The van der Waals surface area contributed by atoms with Crippen LogP contribution in [0.4, 0.5) is 11.4 Å². The Morgan fingerprint density at radius 3 is 2.21 bits per heavy atom. The van der Waals surface area contributed by atoms with Crippen molar-refractivity contribution in [2.45, 2.75) is 25.0 Å². The molecule has 0 bridgehead atoms. The molecule has 0 aliphatic carbocycles. The Balaban J connectivity index is 2.12. The van der Waals surface area contributed by atoms with Crippen LogP contribution < -0.4 is 0 Å². The molecular formula is C18H17N5O4S. The lowest BCUT2D eigenvalue weighted by atomic mass is 10.1. The second kappa shape index (κ2) is 8.61. The number of nitrogens with zero attached hydrogens (tertiary/aromatic N) is 5. The number of nitro groups is 2. The van der Waals surface area contributed by atoms with Crippen LogP contribution in [0.3, 0.4) is 0 Å². The van der Waals surface area contributed by atoms with Gasteiger partial charge in [-0.05, 0) is 12.0 Å². The summed E-state index contributed by atoms with van der Waals surface area (Å²) in [6, 6.07) is 13.1. The van der Waals surface area contributed by atoms with Crippen LogP contribution in [0.2, 0.25) is 0 Å². The Bertz CT molecular complexity index is 974. The second-order valence-corrected chi connectivity index (χ2v) is 7.04. The number of aromatic nitrogens is 3. The Hall–Kier alpha value is -3.27. The highest BCUT2D eigenvalue weighted by Crippen LogP contribution is 2.31. The van der Waals surface area contributed by atoms with Crippen molar-refractivity contribution in [3.05, 3.63) is 74.3 Å². The lowest BCUT2D eigenvalue weighted by molar-refractivity contribution is -0.394. The van der Waals surface area contributed by atoms with Crippen molar-refractivity contribution in [1.82, 2.24) is 14.8 Å². The van der Waals surface area contributed by atoms with Gasteiger partial charge < -0.3 is 0 Å². The molecule has 0 radical (unpaired) electrons. The van der Waals surface area contributed by atoms with Gasteiger partial charge in [0.05, 0.1) is 22.5 Å². The van der Waals surface area contributed by atoms with Crippen molar-refractivity contribution in [1.29, 1.82) is 0 Å². The van der Waals surface area contributed by atoms with Crippen LogP contribution in [0, 0.1) is 20.2 Å². The maximum Gasteiger partial charge on any atom is 0.277 e. The normalized spacial score (nSPS) is 10.8. The molecule has 0 atom stereocenters. The predicted octanol–water partition coefficient (Wildman–Crippen LogP) is 4.31. The van der Waals surface area contributed by atoms with E-state index < -0.39 is 9.85 Å². The van der Waals surface area contributed by atoms with Gasteiger partial charge in [-0.15, -0.1) is 10.2 Å². The standard InChI is InChI=1S/C18H17N5O4S/c1-2-8-28-18-20-19-17(21(18)12-13-6-4-3-5-7-13)14-9-15(22(24)25)11-16(10-14)23(26)27/h3-7,9-11H,2,8,12H2,1H3. The third-order valence-electron chi connectivity index (χ3n) is 3.92. The summed E-state index contributed by atoms with van der Waals surface area (Å²) in [7, 11) is 0. The molecule has 0 amide bonds. The molecule has 0 spiro atoms. The summed E-state index contributed by atoms with van der Waals surface area (Å²) in [5, 5.41) is 31.5. The first-order valence-corrected chi connectivity index (χ1v) is 9.52. The van der Waals surface area contributed by atoms with Gasteiger partial charge in [-0.25, -0.2) is 0 Å². The van der Waals surface area contributed by atoms with E-state index in [0.29, 0.717) is 17.5 Å². The lowest BCUT2D eigenvalue weighted by Gasteiger charge is -2.10. The Kier molecular flexibility index (Phi) is 5.99. The van der Waals surface area contributed by atoms with Crippen LogP contribution in [-0.4, -0.2) is 30.4 Å². The molecule has 0 aliphatic heterocycles. The summed E-state index contributed by atoms with van der Waals surface area (Å²) in [6.07, 6.45) is 0.945. The number of rotatable bonds is 8. The Morgan fingerprint density at radius 2 is 1.64 bits per heavy atom. The number of nitro benzene ring substituents is 2. The lowest BCUT2D eigenvalue weighted by Crippen LogP contribution is -2.05. The van der Waals surface area contributed by atoms with Crippen LogP contribution in [0.1, 0.15) is 18.9 Å². The largest absolute Gasteiger partial charge is 0.298 e. The van der Waals surface area contributed by atoms with Gasteiger partial charge in [0.2, 0.25) is 0 Å². The van der Waals surface area contributed by atoms with Gasteiger partial charge in [-0.2, -0.15) is 0 Å². The minimum atomic E-state index is -0.652. The average Bonchev–Trinajstić information content (AvgIpc) is 3.09. The summed E-state index contributed by atoms with van der Waals surface area (Å²) in [5.41, 5.74) is 0.567. The molecule has 10 heteroatoms. The Morgan fingerprint density at radius 1 is 1.00 bits per heavy atom. The second-order valence-electron chi connectivity index (χ2n) is 5.98. The first-order chi connectivity index (χ1) is 13.5. The van der Waals surface area contributed by atoms with Gasteiger partial charge in [0.25, 0.3) is 11.4 Å². The fraction of sp³-hybridized carbons (Fsp3) is 0.222. The fourth-order valence-electron chi connectivity index (χ4n) is 2.65. The number of non-ortho nitro benzene ring substituents is 2. The number of benzene rings is 2. The molecule has 3 rings (SSSR count). The average molecular weight is 399 g/mol. The van der Waals surface area contributed by atoms with Crippen molar-refractivity contribution in [3.63, 3.8) is 0 Å². The number of hydrogen-bond donors (Lipinski definition) is 0. The van der Waals surface area contributed by atoms with Crippen molar-refractivity contribution in [2.75, 3.05) is 5.75 Å². The van der Waals surface area contributed by atoms with Crippen molar-refractivity contribution in [2.24, 2.45) is 0 Å². The zero-order valence-electron chi connectivity index (χ0n) is 15.0. The highest BCUT2D eigenvalue weighted by molar-refractivity contribution is 7.99. The van der Waals surface area contributed by atoms with E-state index in [9.17, 15) is 20.2 Å². The Labute approximate surface area is 164 Å². The molecule has 1 heterocycles. The summed E-state index contributed by atoms with van der Waals surface area (Å²) in [6.45, 7) is 2.50. The van der Waals surface area contributed by atoms with Crippen molar-refractivity contribution >= 4 is 23.1 Å². The maximum absolute atomic E-state index is 11.2. The summed E-state index contributed by atoms with van der Waals surface area (Å²) in [4.78, 5) is 21.1. The summed E-state index contributed by atoms with van der Waals surface area (Å²) < 4.78 is 1.83. The summed E-state index contributed by atoms with van der Waals surface area (Å²) in [5.74, 6) is 1.19. The minimum absolute atomic E-state index is 0.285. The third-order valence-corrected chi connectivity index (χ3v) is 5.09. The third kappa shape index (κ3) is 4.34. The van der Waals surface area contributed by atoms with E-state index >= 15 is 0 Å². The highest BCUT2D eigenvalue weighted by atomic mass is 32.2.